The Morgan fingerprint density at radius 1 is 0.906 bits per heavy atom. The Balaban J connectivity index is 1.40. The van der Waals surface area contributed by atoms with Crippen LogP contribution in [0.15, 0.2) is 138 Å². The minimum atomic E-state index is -4.53. The molecule has 0 saturated heterocycles. The number of aliphatic hydroxyl groups excluding tert-OH is 1. The highest BCUT2D eigenvalue weighted by molar-refractivity contribution is 6.01. The molecule has 0 bridgehead atoms. The first kappa shape index (κ1) is 36.6. The van der Waals surface area contributed by atoms with Gasteiger partial charge in [-0.25, -0.2) is 10.4 Å². The smallest absolute Gasteiger partial charge is 0.416 e. The maximum atomic E-state index is 14.6. The summed E-state index contributed by atoms with van der Waals surface area (Å²) in [6.45, 7) is 0.209. The predicted molar refractivity (Wildman–Crippen MR) is 194 cm³/mol. The first-order valence-electron chi connectivity index (χ1n) is 16.8. The quantitative estimate of drug-likeness (QED) is 0.0348. The molecule has 1 amide bonds. The molecule has 1 aliphatic heterocycles. The molecule has 13 heteroatoms. The Hall–Kier alpha value is -6.14. The number of hydrogen-bond donors (Lipinski definition) is 3. The zero-order chi connectivity index (χ0) is 37.3. The minimum Gasteiger partial charge on any atom is -0.494 e. The lowest BCUT2D eigenvalue weighted by Crippen LogP contribution is -2.53. The summed E-state index contributed by atoms with van der Waals surface area (Å²) >= 11 is 0. The van der Waals surface area contributed by atoms with Gasteiger partial charge in [-0.05, 0) is 63.7 Å². The predicted octanol–water partition coefficient (Wildman–Crippen LogP) is 8.40. The van der Waals surface area contributed by atoms with Gasteiger partial charge in [0.2, 0.25) is 5.90 Å². The van der Waals surface area contributed by atoms with Gasteiger partial charge in [0.1, 0.15) is 5.75 Å². The number of hydrazine groups is 1. The Morgan fingerprint density at radius 3 is 2.32 bits per heavy atom. The third-order valence-electron chi connectivity index (χ3n) is 8.70. The van der Waals surface area contributed by atoms with E-state index >= 15 is 0 Å². The molecule has 0 aromatic heterocycles. The number of carbonyl (C=O) groups excluding carboxylic acids is 1. The molecule has 10 nitrogen and oxygen atoms in total. The molecule has 0 saturated carbocycles. The van der Waals surface area contributed by atoms with Crippen molar-refractivity contribution in [2.75, 3.05) is 13.2 Å². The van der Waals surface area contributed by atoms with Crippen LogP contribution in [0, 0.1) is 0 Å². The molecule has 1 heterocycles. The van der Waals surface area contributed by atoms with Crippen molar-refractivity contribution in [3.05, 3.63) is 166 Å². The highest BCUT2D eigenvalue weighted by Crippen LogP contribution is 2.44. The molecule has 2 atom stereocenters. The monoisotopic (exact) mass is 720 g/mol. The zero-order valence-electron chi connectivity index (χ0n) is 28.3. The third-order valence-corrected chi connectivity index (χ3v) is 8.70. The number of alkyl halides is 3. The van der Waals surface area contributed by atoms with E-state index in [-0.39, 0.29) is 25.5 Å². The van der Waals surface area contributed by atoms with Crippen LogP contribution in [-0.4, -0.2) is 35.7 Å². The fourth-order valence-corrected chi connectivity index (χ4v) is 6.05. The van der Waals surface area contributed by atoms with Gasteiger partial charge in [0.05, 0.1) is 12.2 Å². The van der Waals surface area contributed by atoms with Crippen molar-refractivity contribution in [1.29, 1.82) is 0 Å². The molecule has 5 aromatic carbocycles. The van der Waals surface area contributed by atoms with E-state index in [1.54, 1.807) is 48.5 Å². The number of rotatable bonds is 14. The topological polar surface area (TPSA) is 141 Å². The van der Waals surface area contributed by atoms with Crippen LogP contribution in [0.4, 0.5) is 18.9 Å². The average Bonchev–Trinajstić information content (AvgIpc) is 3.56. The van der Waals surface area contributed by atoms with Crippen LogP contribution < -0.4 is 15.6 Å². The van der Waals surface area contributed by atoms with Crippen molar-refractivity contribution < 1.29 is 32.5 Å². The van der Waals surface area contributed by atoms with Gasteiger partial charge in [-0.2, -0.15) is 13.2 Å². The molecule has 0 radical (unpaired) electrons. The van der Waals surface area contributed by atoms with Crippen molar-refractivity contribution in [2.45, 2.75) is 37.2 Å². The van der Waals surface area contributed by atoms with Crippen molar-refractivity contribution in [1.82, 2.24) is 10.9 Å². The molecule has 270 valence electrons. The zero-order valence-corrected chi connectivity index (χ0v) is 28.3. The molecular weight excluding hydrogens is 685 g/mol. The maximum Gasteiger partial charge on any atom is 0.416 e. The van der Waals surface area contributed by atoms with E-state index in [9.17, 15) is 23.5 Å². The summed E-state index contributed by atoms with van der Waals surface area (Å²) in [5.41, 5.74) is 16.5. The van der Waals surface area contributed by atoms with Crippen LogP contribution in [0.2, 0.25) is 0 Å². The summed E-state index contributed by atoms with van der Waals surface area (Å²) in [6, 6.07) is 35.9. The lowest BCUT2D eigenvalue weighted by molar-refractivity contribution is -0.137. The summed E-state index contributed by atoms with van der Waals surface area (Å²) in [4.78, 5) is 22.6. The van der Waals surface area contributed by atoms with Crippen LogP contribution in [0.5, 0.6) is 5.75 Å². The van der Waals surface area contributed by atoms with E-state index < -0.39 is 29.3 Å². The Bertz CT molecular complexity index is 2100. The number of ether oxygens (including phenoxy) is 2. The van der Waals surface area contributed by atoms with Crippen LogP contribution in [-0.2, 0) is 28.7 Å². The van der Waals surface area contributed by atoms with Gasteiger partial charge >= 0.3 is 6.18 Å². The number of hydrogen-bond acceptors (Lipinski definition) is 7. The molecule has 3 N–H and O–H groups in total. The average molecular weight is 721 g/mol. The molecule has 6 rings (SSSR count). The summed E-state index contributed by atoms with van der Waals surface area (Å²) in [5, 5.41) is 13.0. The summed E-state index contributed by atoms with van der Waals surface area (Å²) in [5.74, 6) is 0.106. The number of azide groups is 1. The van der Waals surface area contributed by atoms with Gasteiger partial charge in [-0.3, -0.25) is 10.2 Å². The van der Waals surface area contributed by atoms with Gasteiger partial charge < -0.3 is 14.6 Å². The van der Waals surface area contributed by atoms with E-state index in [2.05, 4.69) is 20.9 Å². The van der Waals surface area contributed by atoms with Crippen molar-refractivity contribution >= 4 is 17.5 Å². The Morgan fingerprint density at radius 2 is 1.60 bits per heavy atom. The second-order valence-electron chi connectivity index (χ2n) is 12.3. The normalized spacial score (nSPS) is 16.6. The fraction of sp³-hybridized carbons (Fsp3) is 0.200. The van der Waals surface area contributed by atoms with E-state index in [0.29, 0.717) is 46.7 Å². The lowest BCUT2D eigenvalue weighted by atomic mass is 9.81. The molecule has 1 aliphatic rings. The number of amides is 1. The van der Waals surface area contributed by atoms with Gasteiger partial charge in [0.25, 0.3) is 5.91 Å². The van der Waals surface area contributed by atoms with E-state index in [4.69, 9.17) is 19.6 Å². The Kier molecular flexibility index (Phi) is 11.4. The number of nitrogens with zero attached hydrogens (tertiary/aromatic N) is 4. The summed E-state index contributed by atoms with van der Waals surface area (Å²) < 4.78 is 52.5. The number of aliphatic imine (C=N–C) groups is 1. The van der Waals surface area contributed by atoms with Crippen molar-refractivity contribution in [3.8, 4) is 16.9 Å². The van der Waals surface area contributed by atoms with Gasteiger partial charge in [0.15, 0.2) is 11.6 Å². The molecule has 5 aromatic rings. The molecule has 0 aliphatic carbocycles. The molecule has 0 spiro atoms. The second kappa shape index (κ2) is 16.5. The van der Waals surface area contributed by atoms with E-state index in [1.165, 1.54) is 12.1 Å². The van der Waals surface area contributed by atoms with Gasteiger partial charge in [-0.1, -0.05) is 102 Å². The molecule has 0 fully saturated rings. The highest BCUT2D eigenvalue weighted by atomic mass is 19.4. The minimum absolute atomic E-state index is 0.00179. The molecule has 53 heavy (non-hydrogen) atoms. The van der Waals surface area contributed by atoms with E-state index in [1.807, 2.05) is 54.6 Å². The highest BCUT2D eigenvalue weighted by Gasteiger charge is 2.53. The molecule has 0 unspecified atom stereocenters. The van der Waals surface area contributed by atoms with Gasteiger partial charge in [-0.15, -0.1) is 0 Å². The van der Waals surface area contributed by atoms with Crippen LogP contribution in [0.25, 0.3) is 21.6 Å². The van der Waals surface area contributed by atoms with Crippen molar-refractivity contribution in [2.24, 2.45) is 10.1 Å². The number of benzene rings is 5. The first-order valence-corrected chi connectivity index (χ1v) is 16.8. The van der Waals surface area contributed by atoms with Crippen LogP contribution in [0.3, 0.4) is 0 Å². The maximum absolute atomic E-state index is 14.6. The fourth-order valence-electron chi connectivity index (χ4n) is 6.05. The summed E-state index contributed by atoms with van der Waals surface area (Å²) in [7, 11) is 0. The first-order chi connectivity index (χ1) is 25.7. The number of carbonyl (C=O) groups is 1. The standard InChI is InChI=1S/C40H35F3N6O4/c41-40(42,43)33-12-6-8-27(24-33)26-45-48-38(51)39(25-32-11-4-5-13-35(32)47-49-44)36(30-16-14-29(15-17-30)28-9-2-1-3-10-28)53-37(46-39)31-18-20-34(21-19-31)52-23-7-22-50/h1-6,8-21,24,36,45,50H,7,22-23,25-26H2,(H,48,51)/t36-,39-/m0/s1. The van der Waals surface area contributed by atoms with Gasteiger partial charge in [0, 0.05) is 42.2 Å². The number of halogens is 3. The van der Waals surface area contributed by atoms with Crippen molar-refractivity contribution in [3.63, 3.8) is 0 Å². The number of nitrogens with one attached hydrogen (secondary N) is 2. The third kappa shape index (κ3) is 8.67. The second-order valence-corrected chi connectivity index (χ2v) is 12.3. The summed E-state index contributed by atoms with van der Waals surface area (Å²) in [6.07, 6.45) is -5.13. The van der Waals surface area contributed by atoms with Crippen LogP contribution >= 0.6 is 0 Å². The number of aliphatic hydroxyl groups is 1. The largest absolute Gasteiger partial charge is 0.494 e. The SMILES string of the molecule is [N-]=[N+]=Nc1ccccc1C[C@]1(C(=O)NNCc2cccc(C(F)(F)F)c2)N=C(c2ccc(OCCCO)cc2)O[C@H]1c1ccc(-c2ccccc2)cc1. The van der Waals surface area contributed by atoms with Crippen LogP contribution in [0.1, 0.15) is 40.3 Å². The Labute approximate surface area is 303 Å². The lowest BCUT2D eigenvalue weighted by Gasteiger charge is -2.31. The molecular formula is C40H35F3N6O4. The van der Waals surface area contributed by atoms with E-state index in [0.717, 1.165) is 23.3 Å².